The normalized spacial score (nSPS) is 2.67. The average molecular weight is 188 g/mol. The van der Waals surface area contributed by atoms with E-state index in [1.54, 1.807) is 0 Å². The third-order valence-electron chi connectivity index (χ3n) is 0. The van der Waals surface area contributed by atoms with E-state index in [-0.39, 0.29) is 17.1 Å². The summed E-state index contributed by atoms with van der Waals surface area (Å²) in [5, 5.41) is 0. The molecule has 0 rings (SSSR count). The van der Waals surface area contributed by atoms with Crippen LogP contribution in [-0.2, 0) is 17.1 Å². The van der Waals surface area contributed by atoms with E-state index in [4.69, 9.17) is 0 Å². The first kappa shape index (κ1) is 34.4. The predicted molar refractivity (Wildman–Crippen MR) is 40.4 cm³/mol. The van der Waals surface area contributed by atoms with Gasteiger partial charge in [-0.05, 0) is 28.2 Å². The van der Waals surface area contributed by atoms with Crippen molar-refractivity contribution in [2.45, 2.75) is 0 Å². The minimum atomic E-state index is 0. The first-order valence-electron chi connectivity index (χ1n) is 2.31. The summed E-state index contributed by atoms with van der Waals surface area (Å²) in [6, 6.07) is 0. The molecule has 0 fully saturated rings. The topological polar surface area (TPSA) is 104 Å². The molecule has 0 unspecified atom stereocenters. The number of hydrogen-bond donors (Lipinski definition) is 4. The Morgan fingerprint density at radius 2 is 0.444 bits per heavy atom. The van der Waals surface area contributed by atoms with Crippen LogP contribution in [0.25, 0.3) is 0 Å². The van der Waals surface area contributed by atoms with Gasteiger partial charge < -0.3 is 22.9 Å². The van der Waals surface area contributed by atoms with Crippen molar-refractivity contribution < 1.29 is 17.1 Å². The van der Waals surface area contributed by atoms with Crippen molar-refractivity contribution in [3.63, 3.8) is 0 Å². The van der Waals surface area contributed by atoms with Crippen LogP contribution in [0, 0.1) is 0 Å². The second-order valence-corrected chi connectivity index (χ2v) is 0. The van der Waals surface area contributed by atoms with E-state index in [0.717, 1.165) is 0 Å². The minimum Gasteiger partial charge on any atom is -0.333 e. The third kappa shape index (κ3) is 2620. The molecule has 0 bridgehead atoms. The monoisotopic (exact) mass is 187 g/mol. The van der Waals surface area contributed by atoms with Crippen LogP contribution < -0.4 is 22.9 Å². The van der Waals surface area contributed by atoms with Crippen LogP contribution in [0.2, 0.25) is 0 Å². The molecular weight excluding hydrogens is 168 g/mol. The van der Waals surface area contributed by atoms with E-state index < -0.39 is 0 Å². The van der Waals surface area contributed by atoms with E-state index in [1.165, 1.54) is 28.2 Å². The van der Waals surface area contributed by atoms with Crippen molar-refractivity contribution >= 4 is 0 Å². The largest absolute Gasteiger partial charge is 2.00 e. The molecule has 0 saturated carbocycles. The smallest absolute Gasteiger partial charge is 0.333 e. The standard InChI is InChI=1S/4CH5N.Cu/c4*1-2;/h4*2H2,1H3;/q;;;;+2. The fraction of sp³-hybridized carbons (Fsp3) is 1.00. The second-order valence-electron chi connectivity index (χ2n) is 0. The van der Waals surface area contributed by atoms with Crippen molar-refractivity contribution in [1.29, 1.82) is 0 Å². The molecule has 0 atom stereocenters. The Hall–Kier alpha value is 0.359. The first-order valence-corrected chi connectivity index (χ1v) is 2.31. The maximum absolute atomic E-state index is 4.50. The summed E-state index contributed by atoms with van der Waals surface area (Å²) in [4.78, 5) is 0. The molecule has 1 radical (unpaired) electrons. The molecule has 0 aromatic carbocycles. The van der Waals surface area contributed by atoms with Gasteiger partial charge in [0.05, 0.1) is 0 Å². The van der Waals surface area contributed by atoms with Crippen molar-refractivity contribution in [2.75, 3.05) is 28.2 Å². The Labute approximate surface area is 68.8 Å². The average Bonchev–Trinajstić information content (AvgIpc) is 2.03. The molecule has 0 heterocycles. The van der Waals surface area contributed by atoms with Gasteiger partial charge in [-0.3, -0.25) is 0 Å². The van der Waals surface area contributed by atoms with Crippen LogP contribution in [0.5, 0.6) is 0 Å². The molecule has 0 aromatic heterocycles. The van der Waals surface area contributed by atoms with Crippen molar-refractivity contribution in [3.8, 4) is 0 Å². The Morgan fingerprint density at radius 3 is 0.444 bits per heavy atom. The van der Waals surface area contributed by atoms with Gasteiger partial charge in [0.1, 0.15) is 0 Å². The molecule has 0 aliphatic heterocycles. The van der Waals surface area contributed by atoms with Gasteiger partial charge in [0.15, 0.2) is 0 Å². The first-order chi connectivity index (χ1) is 4.00. The molecule has 0 amide bonds. The van der Waals surface area contributed by atoms with Crippen LogP contribution in [-0.4, -0.2) is 28.2 Å². The molecule has 5 heteroatoms. The zero-order chi connectivity index (χ0) is 8.00. The van der Waals surface area contributed by atoms with Gasteiger partial charge in [-0.2, -0.15) is 0 Å². The number of hydrogen-bond acceptors (Lipinski definition) is 4. The molecule has 8 N–H and O–H groups in total. The number of rotatable bonds is 0. The van der Waals surface area contributed by atoms with E-state index >= 15 is 0 Å². The molecule has 0 spiro atoms. The Bertz CT molecular complexity index is 12.5. The molecule has 4 nitrogen and oxygen atoms in total. The van der Waals surface area contributed by atoms with Gasteiger partial charge >= 0.3 is 17.1 Å². The number of nitrogens with two attached hydrogens (primary N) is 4. The molecule has 0 aliphatic carbocycles. The summed E-state index contributed by atoms with van der Waals surface area (Å²) in [6.07, 6.45) is 0. The third-order valence-corrected chi connectivity index (χ3v) is 0. The van der Waals surface area contributed by atoms with E-state index in [9.17, 15) is 0 Å². The zero-order valence-corrected chi connectivity index (χ0v) is 7.55. The second kappa shape index (κ2) is 3500. The van der Waals surface area contributed by atoms with Crippen molar-refractivity contribution in [1.82, 2.24) is 0 Å². The van der Waals surface area contributed by atoms with Crippen molar-refractivity contribution in [2.24, 2.45) is 22.9 Å². The summed E-state index contributed by atoms with van der Waals surface area (Å²) >= 11 is 0. The molecule has 0 aromatic rings. The minimum absolute atomic E-state index is 0. The molecule has 65 valence electrons. The van der Waals surface area contributed by atoms with E-state index in [0.29, 0.717) is 0 Å². The molecule has 9 heavy (non-hydrogen) atoms. The van der Waals surface area contributed by atoms with Gasteiger partial charge in [0, 0.05) is 0 Å². The summed E-state index contributed by atoms with van der Waals surface area (Å²) < 4.78 is 0. The maximum Gasteiger partial charge on any atom is 2.00 e. The molecular formula is C4H20CuN4+2. The fourth-order valence-corrected chi connectivity index (χ4v) is 0. The summed E-state index contributed by atoms with van der Waals surface area (Å²) in [5.41, 5.74) is 18.0. The quantitative estimate of drug-likeness (QED) is 0.340. The predicted octanol–water partition coefficient (Wildman–Crippen LogP) is -1.70. The van der Waals surface area contributed by atoms with Crippen LogP contribution >= 0.6 is 0 Å². The summed E-state index contributed by atoms with van der Waals surface area (Å²) in [7, 11) is 6.00. The SMILES string of the molecule is CN.CN.CN.CN.[Cu+2]. The van der Waals surface area contributed by atoms with E-state index in [1.807, 2.05) is 0 Å². The fourth-order valence-electron chi connectivity index (χ4n) is 0. The summed E-state index contributed by atoms with van der Waals surface area (Å²) in [6.45, 7) is 0. The van der Waals surface area contributed by atoms with Gasteiger partial charge in [-0.15, -0.1) is 0 Å². The molecule has 0 saturated heterocycles. The summed E-state index contributed by atoms with van der Waals surface area (Å²) in [5.74, 6) is 0. The van der Waals surface area contributed by atoms with Crippen LogP contribution in [0.3, 0.4) is 0 Å². The van der Waals surface area contributed by atoms with E-state index in [2.05, 4.69) is 22.9 Å². The van der Waals surface area contributed by atoms with Gasteiger partial charge in [0.2, 0.25) is 0 Å². The van der Waals surface area contributed by atoms with Crippen molar-refractivity contribution in [3.05, 3.63) is 0 Å². The van der Waals surface area contributed by atoms with Gasteiger partial charge in [-0.1, -0.05) is 0 Å². The van der Waals surface area contributed by atoms with Gasteiger partial charge in [-0.25, -0.2) is 0 Å². The Kier molecular flexibility index (Phi) is 13400. The Morgan fingerprint density at radius 1 is 0.444 bits per heavy atom. The molecule has 0 aliphatic rings. The van der Waals surface area contributed by atoms with Crippen LogP contribution in [0.15, 0.2) is 0 Å². The zero-order valence-electron chi connectivity index (χ0n) is 6.61. The Balaban J connectivity index is -0.00000000762. The van der Waals surface area contributed by atoms with Crippen LogP contribution in [0.4, 0.5) is 0 Å². The maximum atomic E-state index is 4.50. The van der Waals surface area contributed by atoms with Crippen LogP contribution in [0.1, 0.15) is 0 Å². The van der Waals surface area contributed by atoms with Gasteiger partial charge in [0.25, 0.3) is 0 Å².